The van der Waals surface area contributed by atoms with Crippen LogP contribution in [0.1, 0.15) is 40.5 Å². The molecule has 0 heterocycles. The maximum atomic E-state index is 12.1. The summed E-state index contributed by atoms with van der Waals surface area (Å²) < 4.78 is 10.1. The van der Waals surface area contributed by atoms with Crippen molar-refractivity contribution in [2.24, 2.45) is 17.8 Å². The van der Waals surface area contributed by atoms with Gasteiger partial charge in [0.2, 0.25) is 0 Å². The quantitative estimate of drug-likeness (QED) is 0.437. The first-order valence-electron chi connectivity index (χ1n) is 7.02. The van der Waals surface area contributed by atoms with Crippen molar-refractivity contribution in [3.63, 3.8) is 0 Å². The van der Waals surface area contributed by atoms with E-state index < -0.39 is 17.9 Å². The van der Waals surface area contributed by atoms with Crippen molar-refractivity contribution in [3.8, 4) is 0 Å². The molecular formula is C15H24O4. The molecule has 0 aromatic rings. The molecule has 4 nitrogen and oxygen atoms in total. The second kappa shape index (κ2) is 7.31. The number of carbonyl (C=O) groups is 2. The van der Waals surface area contributed by atoms with Crippen molar-refractivity contribution >= 4 is 11.9 Å². The van der Waals surface area contributed by atoms with Crippen molar-refractivity contribution in [2.75, 3.05) is 13.2 Å². The van der Waals surface area contributed by atoms with Crippen LogP contribution in [0.25, 0.3) is 0 Å². The second-order valence-corrected chi connectivity index (χ2v) is 4.96. The lowest BCUT2D eigenvalue weighted by Crippen LogP contribution is -2.38. The van der Waals surface area contributed by atoms with Crippen LogP contribution in [0, 0.1) is 17.8 Å². The Morgan fingerprint density at radius 2 is 1.79 bits per heavy atom. The monoisotopic (exact) mass is 268 g/mol. The van der Waals surface area contributed by atoms with Gasteiger partial charge in [-0.1, -0.05) is 18.6 Å². The highest BCUT2D eigenvalue weighted by Crippen LogP contribution is 2.36. The zero-order valence-corrected chi connectivity index (χ0v) is 12.3. The molecule has 0 spiro atoms. The van der Waals surface area contributed by atoms with Gasteiger partial charge < -0.3 is 9.47 Å². The number of hydrogen-bond donors (Lipinski definition) is 0. The molecule has 19 heavy (non-hydrogen) atoms. The Labute approximate surface area is 115 Å². The fourth-order valence-corrected chi connectivity index (χ4v) is 2.64. The third-order valence-electron chi connectivity index (χ3n) is 3.84. The van der Waals surface area contributed by atoms with Crippen LogP contribution in [0.2, 0.25) is 0 Å². The summed E-state index contributed by atoms with van der Waals surface area (Å²) in [5.41, 5.74) is 1.23. The van der Waals surface area contributed by atoms with Crippen LogP contribution in [-0.2, 0) is 19.1 Å². The molecule has 4 heteroatoms. The first-order valence-corrected chi connectivity index (χ1v) is 7.02. The maximum absolute atomic E-state index is 12.1. The van der Waals surface area contributed by atoms with Gasteiger partial charge in [0.15, 0.2) is 5.92 Å². The molecule has 1 rings (SSSR count). The SMILES string of the molecule is CCOC(=O)C(C(=O)OCC)C1CCC=C(C)C1C. The molecule has 0 N–H and O–H groups in total. The maximum Gasteiger partial charge on any atom is 0.320 e. The Morgan fingerprint density at radius 1 is 1.26 bits per heavy atom. The number of ether oxygens (including phenoxy) is 2. The Hall–Kier alpha value is -1.32. The summed E-state index contributed by atoms with van der Waals surface area (Å²) in [5.74, 6) is -1.52. The van der Waals surface area contributed by atoms with Gasteiger partial charge in [-0.2, -0.15) is 0 Å². The molecular weight excluding hydrogens is 244 g/mol. The largest absolute Gasteiger partial charge is 0.465 e. The standard InChI is InChI=1S/C15H24O4/c1-5-18-14(16)13(15(17)19-6-2)12-9-7-8-10(3)11(12)4/h8,11-13H,5-7,9H2,1-4H3. The summed E-state index contributed by atoms with van der Waals surface area (Å²) in [6.07, 6.45) is 3.89. The molecule has 0 amide bonds. The summed E-state index contributed by atoms with van der Waals surface area (Å²) in [6, 6.07) is 0. The fraction of sp³-hybridized carbons (Fsp3) is 0.733. The van der Waals surface area contributed by atoms with Gasteiger partial charge in [-0.25, -0.2) is 0 Å². The predicted octanol–water partition coefficient (Wildman–Crippen LogP) is 2.72. The van der Waals surface area contributed by atoms with E-state index in [9.17, 15) is 9.59 Å². The molecule has 1 aliphatic carbocycles. The van der Waals surface area contributed by atoms with E-state index >= 15 is 0 Å². The Balaban J connectivity index is 2.92. The van der Waals surface area contributed by atoms with Crippen LogP contribution >= 0.6 is 0 Å². The third-order valence-corrected chi connectivity index (χ3v) is 3.84. The zero-order chi connectivity index (χ0) is 14.4. The van der Waals surface area contributed by atoms with Gasteiger partial charge in [0, 0.05) is 0 Å². The highest BCUT2D eigenvalue weighted by atomic mass is 16.6. The van der Waals surface area contributed by atoms with E-state index in [0.717, 1.165) is 12.8 Å². The number of esters is 2. The highest BCUT2D eigenvalue weighted by Gasteiger charge is 2.41. The summed E-state index contributed by atoms with van der Waals surface area (Å²) in [7, 11) is 0. The van der Waals surface area contributed by atoms with Crippen LogP contribution in [-0.4, -0.2) is 25.2 Å². The van der Waals surface area contributed by atoms with E-state index in [1.165, 1.54) is 5.57 Å². The molecule has 108 valence electrons. The van der Waals surface area contributed by atoms with E-state index in [2.05, 4.69) is 13.0 Å². The minimum atomic E-state index is -0.793. The number of rotatable bonds is 5. The molecule has 0 bridgehead atoms. The van der Waals surface area contributed by atoms with E-state index in [-0.39, 0.29) is 25.0 Å². The number of allylic oxidation sites excluding steroid dienone is 2. The van der Waals surface area contributed by atoms with Crippen molar-refractivity contribution in [2.45, 2.75) is 40.5 Å². The Kier molecular flexibility index (Phi) is 6.06. The first-order chi connectivity index (χ1) is 9.02. The molecule has 1 aliphatic rings. The van der Waals surface area contributed by atoms with Gasteiger partial charge in [-0.15, -0.1) is 0 Å². The molecule has 0 aromatic carbocycles. The van der Waals surface area contributed by atoms with Crippen molar-refractivity contribution in [1.82, 2.24) is 0 Å². The summed E-state index contributed by atoms with van der Waals surface area (Å²) in [5, 5.41) is 0. The smallest absolute Gasteiger partial charge is 0.320 e. The molecule has 2 unspecified atom stereocenters. The number of carbonyl (C=O) groups excluding carboxylic acids is 2. The molecule has 0 saturated carbocycles. The van der Waals surface area contributed by atoms with Crippen LogP contribution in [0.5, 0.6) is 0 Å². The van der Waals surface area contributed by atoms with E-state index in [1.54, 1.807) is 13.8 Å². The van der Waals surface area contributed by atoms with E-state index in [4.69, 9.17) is 9.47 Å². The fourth-order valence-electron chi connectivity index (χ4n) is 2.64. The van der Waals surface area contributed by atoms with E-state index in [0.29, 0.717) is 0 Å². The normalized spacial score (nSPS) is 22.9. The Bertz CT molecular complexity index is 341. The average Bonchev–Trinajstić information content (AvgIpc) is 2.35. The van der Waals surface area contributed by atoms with Crippen LogP contribution in [0.15, 0.2) is 11.6 Å². The van der Waals surface area contributed by atoms with Crippen LogP contribution < -0.4 is 0 Å². The van der Waals surface area contributed by atoms with Gasteiger partial charge >= 0.3 is 11.9 Å². The summed E-state index contributed by atoms with van der Waals surface area (Å²) in [6.45, 7) is 8.16. The molecule has 0 radical (unpaired) electrons. The molecule has 0 saturated heterocycles. The third kappa shape index (κ3) is 3.82. The Morgan fingerprint density at radius 3 is 2.26 bits per heavy atom. The van der Waals surface area contributed by atoms with Crippen LogP contribution in [0.4, 0.5) is 0 Å². The van der Waals surface area contributed by atoms with Gasteiger partial charge in [0.25, 0.3) is 0 Å². The van der Waals surface area contributed by atoms with Crippen LogP contribution in [0.3, 0.4) is 0 Å². The van der Waals surface area contributed by atoms with Crippen molar-refractivity contribution in [3.05, 3.63) is 11.6 Å². The molecule has 0 fully saturated rings. The lowest BCUT2D eigenvalue weighted by atomic mass is 9.73. The number of hydrogen-bond acceptors (Lipinski definition) is 4. The lowest BCUT2D eigenvalue weighted by Gasteiger charge is -2.32. The van der Waals surface area contributed by atoms with Crippen molar-refractivity contribution < 1.29 is 19.1 Å². The second-order valence-electron chi connectivity index (χ2n) is 4.96. The molecule has 0 aromatic heterocycles. The van der Waals surface area contributed by atoms with E-state index in [1.807, 2.05) is 6.92 Å². The zero-order valence-electron chi connectivity index (χ0n) is 12.3. The minimum absolute atomic E-state index is 0.0249. The van der Waals surface area contributed by atoms with Crippen molar-refractivity contribution in [1.29, 1.82) is 0 Å². The predicted molar refractivity (Wildman–Crippen MR) is 72.4 cm³/mol. The highest BCUT2D eigenvalue weighted by molar-refractivity contribution is 5.95. The summed E-state index contributed by atoms with van der Waals surface area (Å²) in [4.78, 5) is 24.1. The van der Waals surface area contributed by atoms with Gasteiger partial charge in [0.05, 0.1) is 13.2 Å². The minimum Gasteiger partial charge on any atom is -0.465 e. The average molecular weight is 268 g/mol. The first kappa shape index (κ1) is 15.7. The topological polar surface area (TPSA) is 52.6 Å². The van der Waals surface area contributed by atoms with Gasteiger partial charge in [0.1, 0.15) is 0 Å². The molecule has 2 atom stereocenters. The molecule has 0 aliphatic heterocycles. The van der Waals surface area contributed by atoms with Gasteiger partial charge in [-0.05, 0) is 45.4 Å². The lowest BCUT2D eigenvalue weighted by molar-refractivity contribution is -0.165. The summed E-state index contributed by atoms with van der Waals surface area (Å²) >= 11 is 0. The van der Waals surface area contributed by atoms with Gasteiger partial charge in [-0.3, -0.25) is 9.59 Å².